The highest BCUT2D eigenvalue weighted by atomic mass is 16.1. The van der Waals surface area contributed by atoms with Gasteiger partial charge in [0.1, 0.15) is 17.6 Å². The summed E-state index contributed by atoms with van der Waals surface area (Å²) in [7, 11) is 0. The minimum absolute atomic E-state index is 0.0297. The van der Waals surface area contributed by atoms with Crippen LogP contribution in [0.4, 0.5) is 0 Å². The molecule has 4 N–H and O–H groups in total. The molecule has 0 spiro atoms. The Balaban J connectivity index is 1.47. The van der Waals surface area contributed by atoms with E-state index in [1.165, 1.54) is 0 Å². The molecule has 1 atom stereocenters. The first-order valence-electron chi connectivity index (χ1n) is 10.7. The van der Waals surface area contributed by atoms with Crippen LogP contribution in [0, 0.1) is 11.8 Å². The molecule has 1 saturated carbocycles. The third-order valence-electron chi connectivity index (χ3n) is 6.43. The molecular weight excluding hydrogens is 376 g/mol. The van der Waals surface area contributed by atoms with E-state index in [9.17, 15) is 4.79 Å². The van der Waals surface area contributed by atoms with Crippen molar-refractivity contribution in [2.24, 2.45) is 27.7 Å². The zero-order valence-electron chi connectivity index (χ0n) is 17.1. The fourth-order valence-corrected chi connectivity index (χ4v) is 4.83. The molecule has 7 nitrogen and oxygen atoms in total. The number of aromatic nitrogens is 1. The molecule has 2 aliphatic heterocycles. The molecule has 0 bridgehead atoms. The van der Waals surface area contributed by atoms with Crippen LogP contribution >= 0.6 is 0 Å². The zero-order chi connectivity index (χ0) is 20.7. The first-order valence-corrected chi connectivity index (χ1v) is 10.7. The number of aromatic amines is 1. The fraction of sp³-hybridized carbons (Fsp3) is 0.348. The zero-order valence-corrected chi connectivity index (χ0v) is 17.1. The van der Waals surface area contributed by atoms with Crippen LogP contribution in [-0.2, 0) is 4.79 Å². The van der Waals surface area contributed by atoms with Gasteiger partial charge in [0.25, 0.3) is 5.84 Å². The van der Waals surface area contributed by atoms with Gasteiger partial charge in [-0.15, -0.1) is 4.59 Å². The van der Waals surface area contributed by atoms with E-state index in [1.807, 2.05) is 31.5 Å². The molecule has 3 aliphatic rings. The Hall–Kier alpha value is -3.03. The summed E-state index contributed by atoms with van der Waals surface area (Å²) in [5, 5.41) is 4.09. The number of rotatable bonds is 4. The van der Waals surface area contributed by atoms with E-state index in [0.717, 1.165) is 59.5 Å². The van der Waals surface area contributed by atoms with Gasteiger partial charge in [-0.05, 0) is 44.7 Å². The Morgan fingerprint density at radius 2 is 2.07 bits per heavy atom. The van der Waals surface area contributed by atoms with Crippen molar-refractivity contribution >= 4 is 28.9 Å². The van der Waals surface area contributed by atoms with Gasteiger partial charge in [0.2, 0.25) is 11.6 Å². The molecule has 0 radical (unpaired) electrons. The number of hydrogen-bond donors (Lipinski definition) is 3. The molecule has 2 aromatic rings. The summed E-state index contributed by atoms with van der Waals surface area (Å²) in [6, 6.07) is 10.3. The van der Waals surface area contributed by atoms with E-state index in [0.29, 0.717) is 6.54 Å². The fourth-order valence-electron chi connectivity index (χ4n) is 4.83. The van der Waals surface area contributed by atoms with Crippen molar-refractivity contribution in [3.63, 3.8) is 0 Å². The minimum atomic E-state index is 0.0297. The molecule has 3 heterocycles. The van der Waals surface area contributed by atoms with Gasteiger partial charge >= 0.3 is 0 Å². The quantitative estimate of drug-likeness (QED) is 0.539. The number of benzene rings is 1. The van der Waals surface area contributed by atoms with Gasteiger partial charge < -0.3 is 10.3 Å². The number of allylic oxidation sites excluding steroid dienone is 2. The van der Waals surface area contributed by atoms with Crippen molar-refractivity contribution in [1.82, 2.24) is 10.3 Å². The summed E-state index contributed by atoms with van der Waals surface area (Å²) in [5.74, 6) is 8.20. The number of nitrogens with one attached hydrogen (secondary N) is 2. The Morgan fingerprint density at radius 3 is 2.83 bits per heavy atom. The van der Waals surface area contributed by atoms with E-state index in [-0.39, 0.29) is 22.3 Å². The maximum Gasteiger partial charge on any atom is 0.281 e. The lowest BCUT2D eigenvalue weighted by Gasteiger charge is -2.28. The molecule has 1 aromatic carbocycles. The number of carbonyl (C=O) groups excluding carboxylic acids is 1. The van der Waals surface area contributed by atoms with Crippen LogP contribution in [0.2, 0.25) is 0 Å². The Labute approximate surface area is 175 Å². The molecular formula is C23H27N6O+. The number of H-pyrrole nitrogens is 1. The molecule has 5 rings (SSSR count). The van der Waals surface area contributed by atoms with Crippen molar-refractivity contribution in [1.29, 1.82) is 0 Å². The predicted molar refractivity (Wildman–Crippen MR) is 118 cm³/mol. The predicted octanol–water partition coefficient (Wildman–Crippen LogP) is 3.33. The van der Waals surface area contributed by atoms with Crippen molar-refractivity contribution in [3.8, 4) is 0 Å². The first kappa shape index (κ1) is 19.0. The number of para-hydroxylation sites is 1. The first-order chi connectivity index (χ1) is 14.6. The minimum Gasteiger partial charge on any atom is -0.356 e. The standard InChI is InChI=1S/C23H26N6O/c1-2-26-23(30)16-9-7-15(8-10-16)21-20-14-25-11-12-29(20,24)22(28-21)19-13-17-5-3-4-6-18(17)27-19/h3-6,11-16H,2,7-10,24H2,1H3,(H-,25,26,27,28,30)/p+1. The number of fused-ring (bicyclic) bond motifs is 2. The van der Waals surface area contributed by atoms with Crippen LogP contribution in [0.25, 0.3) is 10.9 Å². The van der Waals surface area contributed by atoms with E-state index in [4.69, 9.17) is 10.8 Å². The summed E-state index contributed by atoms with van der Waals surface area (Å²) < 4.78 is 0.0297. The molecule has 7 heteroatoms. The van der Waals surface area contributed by atoms with Crippen molar-refractivity contribution in [2.45, 2.75) is 32.6 Å². The van der Waals surface area contributed by atoms with E-state index in [1.54, 1.807) is 6.20 Å². The van der Waals surface area contributed by atoms with Crippen LogP contribution in [0.15, 0.2) is 64.1 Å². The van der Waals surface area contributed by atoms with Crippen LogP contribution in [0.1, 0.15) is 38.3 Å². The normalized spacial score (nSPS) is 28.0. The maximum absolute atomic E-state index is 12.2. The molecule has 1 aromatic heterocycles. The highest BCUT2D eigenvalue weighted by Crippen LogP contribution is 2.41. The summed E-state index contributed by atoms with van der Waals surface area (Å²) in [4.78, 5) is 25.1. The largest absolute Gasteiger partial charge is 0.356 e. The topological polar surface area (TPSA) is 95.6 Å². The second kappa shape index (κ2) is 7.34. The SMILES string of the molecule is CCNC(=O)C1CCC(C2=C3C=NC=C[N+]3(N)C(c3cc4ccccc4[nH]3)=N2)CC1. The Kier molecular flexibility index (Phi) is 4.64. The van der Waals surface area contributed by atoms with Crippen molar-refractivity contribution in [2.75, 3.05) is 6.54 Å². The van der Waals surface area contributed by atoms with E-state index in [2.05, 4.69) is 33.5 Å². The Bertz CT molecular complexity index is 1080. The average molecular weight is 404 g/mol. The number of nitrogens with zero attached hydrogens (tertiary/aromatic N) is 3. The lowest BCUT2D eigenvalue weighted by molar-refractivity contribution is -0.750. The maximum atomic E-state index is 12.2. The van der Waals surface area contributed by atoms with E-state index >= 15 is 0 Å². The van der Waals surface area contributed by atoms with Gasteiger partial charge in [0.05, 0.1) is 12.4 Å². The van der Waals surface area contributed by atoms with Crippen LogP contribution < -0.4 is 11.2 Å². The summed E-state index contributed by atoms with van der Waals surface area (Å²) in [6.07, 6.45) is 9.07. The van der Waals surface area contributed by atoms with E-state index < -0.39 is 0 Å². The highest BCUT2D eigenvalue weighted by Gasteiger charge is 2.47. The summed E-state index contributed by atoms with van der Waals surface area (Å²) in [5.41, 5.74) is 3.91. The van der Waals surface area contributed by atoms with Gasteiger partial charge in [0.15, 0.2) is 0 Å². The third-order valence-corrected chi connectivity index (χ3v) is 6.43. The van der Waals surface area contributed by atoms with Crippen LogP contribution in [-0.4, -0.2) is 34.1 Å². The molecule has 1 unspecified atom stereocenters. The van der Waals surface area contributed by atoms with Crippen LogP contribution in [0.3, 0.4) is 0 Å². The highest BCUT2D eigenvalue weighted by molar-refractivity contribution is 6.02. The monoisotopic (exact) mass is 403 g/mol. The number of quaternary nitrogens is 1. The van der Waals surface area contributed by atoms with Crippen molar-refractivity contribution < 1.29 is 9.39 Å². The van der Waals surface area contributed by atoms with Gasteiger partial charge in [-0.2, -0.15) is 10.8 Å². The van der Waals surface area contributed by atoms with Gasteiger partial charge in [-0.1, -0.05) is 18.2 Å². The van der Waals surface area contributed by atoms with Crippen LogP contribution in [0.5, 0.6) is 0 Å². The lowest BCUT2D eigenvalue weighted by atomic mass is 9.79. The average Bonchev–Trinajstić information content (AvgIpc) is 3.32. The van der Waals surface area contributed by atoms with Crippen molar-refractivity contribution in [3.05, 3.63) is 59.8 Å². The van der Waals surface area contributed by atoms with Gasteiger partial charge in [-0.25, -0.2) is 0 Å². The molecule has 1 aliphatic carbocycles. The third kappa shape index (κ3) is 3.02. The number of amides is 1. The number of amidine groups is 1. The molecule has 154 valence electrons. The molecule has 1 amide bonds. The summed E-state index contributed by atoms with van der Waals surface area (Å²) >= 11 is 0. The smallest absolute Gasteiger partial charge is 0.281 e. The molecule has 1 fully saturated rings. The number of nitrogens with two attached hydrogens (primary N) is 1. The number of carbonyl (C=O) groups is 1. The summed E-state index contributed by atoms with van der Waals surface area (Å²) in [6.45, 7) is 2.64. The number of aliphatic imine (C=N–C) groups is 2. The molecule has 0 saturated heterocycles. The second-order valence-corrected chi connectivity index (χ2v) is 8.27. The Morgan fingerprint density at radius 1 is 1.27 bits per heavy atom. The van der Waals surface area contributed by atoms with Gasteiger partial charge in [0, 0.05) is 29.3 Å². The molecule has 30 heavy (non-hydrogen) atoms. The number of hydrogen-bond acceptors (Lipinski definition) is 4. The van der Waals surface area contributed by atoms with Gasteiger partial charge in [-0.3, -0.25) is 9.79 Å². The second-order valence-electron chi connectivity index (χ2n) is 8.27. The lowest BCUT2D eigenvalue weighted by Crippen LogP contribution is -2.53.